The van der Waals surface area contributed by atoms with Crippen molar-refractivity contribution in [2.45, 2.75) is 6.54 Å². The third kappa shape index (κ3) is 1.94. The Morgan fingerprint density at radius 1 is 0.909 bits per heavy atom. The van der Waals surface area contributed by atoms with Crippen molar-refractivity contribution < 1.29 is 0 Å². The maximum atomic E-state index is 9.26. The molecule has 0 aliphatic heterocycles. The Kier molecular flexibility index (Phi) is 2.87. The predicted molar refractivity (Wildman–Crippen MR) is 87.5 cm³/mol. The first kappa shape index (κ1) is 12.6. The summed E-state index contributed by atoms with van der Waals surface area (Å²) < 4.78 is 2.14. The molecule has 0 aliphatic carbocycles. The van der Waals surface area contributed by atoms with Crippen LogP contribution in [0.2, 0.25) is 0 Å². The lowest BCUT2D eigenvalue weighted by molar-refractivity contribution is 0.830. The monoisotopic (exact) mass is 283 g/mol. The van der Waals surface area contributed by atoms with Gasteiger partial charge in [-0.3, -0.25) is 0 Å². The number of hydrogen-bond acceptors (Lipinski definition) is 2. The molecule has 3 nitrogen and oxygen atoms in total. The minimum Gasteiger partial charge on any atom is -0.326 e. The van der Waals surface area contributed by atoms with Gasteiger partial charge in [-0.15, -0.1) is 0 Å². The largest absolute Gasteiger partial charge is 0.326 e. The number of fused-ring (bicyclic) bond motifs is 2. The molecule has 0 fully saturated rings. The van der Waals surface area contributed by atoms with E-state index in [4.69, 9.17) is 0 Å². The lowest BCUT2D eigenvalue weighted by atomic mass is 10.00. The molecule has 104 valence electrons. The van der Waals surface area contributed by atoms with E-state index in [1.165, 1.54) is 5.56 Å². The number of benzene rings is 3. The summed E-state index contributed by atoms with van der Waals surface area (Å²) in [5, 5.41) is 11.4. The highest BCUT2D eigenvalue weighted by molar-refractivity contribution is 5.90. The highest BCUT2D eigenvalue weighted by atomic mass is 15.0. The Balaban J connectivity index is 1.87. The number of aromatic nitrogens is 2. The molecular weight excluding hydrogens is 270 g/mol. The number of hydrogen-bond donors (Lipinski definition) is 0. The second-order valence-corrected chi connectivity index (χ2v) is 5.29. The van der Waals surface area contributed by atoms with Crippen LogP contribution in [-0.4, -0.2) is 9.55 Å². The van der Waals surface area contributed by atoms with Gasteiger partial charge in [0, 0.05) is 6.54 Å². The van der Waals surface area contributed by atoms with Crippen LogP contribution in [0.4, 0.5) is 0 Å². The molecule has 1 aromatic heterocycles. The first-order chi connectivity index (χ1) is 10.9. The Labute approximate surface area is 128 Å². The molecule has 0 unspecified atom stereocenters. The third-order valence-corrected chi connectivity index (χ3v) is 4.00. The molecule has 0 bridgehead atoms. The second-order valence-electron chi connectivity index (χ2n) is 5.29. The minimum absolute atomic E-state index is 0.717. The van der Waals surface area contributed by atoms with Gasteiger partial charge in [0.1, 0.15) is 0 Å². The van der Waals surface area contributed by atoms with Gasteiger partial charge >= 0.3 is 0 Å². The highest BCUT2D eigenvalue weighted by Crippen LogP contribution is 2.24. The zero-order chi connectivity index (χ0) is 14.9. The smallest absolute Gasteiger partial charge is 0.0998 e. The summed E-state index contributed by atoms with van der Waals surface area (Å²) in [5.74, 6) is 0. The highest BCUT2D eigenvalue weighted by Gasteiger charge is 2.08. The SMILES string of the molecule is N#Cc1ccc(Cn2cnc3ccccc32)c2ccccc12. The number of imidazole rings is 1. The van der Waals surface area contributed by atoms with E-state index >= 15 is 0 Å². The fraction of sp³-hybridized carbons (Fsp3) is 0.0526. The molecular formula is C19H13N3. The lowest BCUT2D eigenvalue weighted by Crippen LogP contribution is -1.99. The standard InChI is InChI=1S/C19H13N3/c20-11-14-9-10-15(17-6-2-1-5-16(14)17)12-22-13-21-18-7-3-4-8-19(18)22/h1-10,13H,12H2. The summed E-state index contributed by atoms with van der Waals surface area (Å²) in [6.45, 7) is 0.743. The molecule has 1 heterocycles. The molecule has 0 radical (unpaired) electrons. The van der Waals surface area contributed by atoms with Crippen LogP contribution >= 0.6 is 0 Å². The van der Waals surface area contributed by atoms with Crippen molar-refractivity contribution in [1.82, 2.24) is 9.55 Å². The normalized spacial score (nSPS) is 10.9. The minimum atomic E-state index is 0.717. The Bertz CT molecular complexity index is 1020. The lowest BCUT2D eigenvalue weighted by Gasteiger charge is -2.09. The van der Waals surface area contributed by atoms with Crippen molar-refractivity contribution >= 4 is 21.8 Å². The van der Waals surface area contributed by atoms with Crippen LogP contribution in [0.5, 0.6) is 0 Å². The van der Waals surface area contributed by atoms with Gasteiger partial charge in [0.15, 0.2) is 0 Å². The molecule has 0 saturated carbocycles. The molecule has 4 rings (SSSR count). The van der Waals surface area contributed by atoms with Crippen molar-refractivity contribution in [2.24, 2.45) is 0 Å². The Hall–Kier alpha value is -3.12. The number of para-hydroxylation sites is 2. The number of nitrogens with zero attached hydrogens (tertiary/aromatic N) is 3. The zero-order valence-corrected chi connectivity index (χ0v) is 11.9. The van der Waals surface area contributed by atoms with Gasteiger partial charge in [-0.05, 0) is 34.5 Å². The average molecular weight is 283 g/mol. The quantitative estimate of drug-likeness (QED) is 0.555. The van der Waals surface area contributed by atoms with Crippen LogP contribution in [0.15, 0.2) is 67.0 Å². The fourth-order valence-corrected chi connectivity index (χ4v) is 2.92. The third-order valence-electron chi connectivity index (χ3n) is 4.00. The molecule has 0 amide bonds. The van der Waals surface area contributed by atoms with Crippen molar-refractivity contribution in [2.75, 3.05) is 0 Å². The van der Waals surface area contributed by atoms with Crippen LogP contribution in [0.3, 0.4) is 0 Å². The Morgan fingerprint density at radius 2 is 1.68 bits per heavy atom. The van der Waals surface area contributed by atoms with Gasteiger partial charge in [-0.25, -0.2) is 4.98 Å². The summed E-state index contributed by atoms with van der Waals surface area (Å²) >= 11 is 0. The molecule has 3 heteroatoms. The molecule has 22 heavy (non-hydrogen) atoms. The van der Waals surface area contributed by atoms with Crippen LogP contribution in [0, 0.1) is 11.3 Å². The van der Waals surface area contributed by atoms with E-state index in [1.54, 1.807) is 0 Å². The first-order valence-electron chi connectivity index (χ1n) is 7.17. The van der Waals surface area contributed by atoms with Crippen LogP contribution in [0.25, 0.3) is 21.8 Å². The van der Waals surface area contributed by atoms with Gasteiger partial charge in [0.05, 0.1) is 29.0 Å². The van der Waals surface area contributed by atoms with Crippen molar-refractivity contribution in [3.63, 3.8) is 0 Å². The molecule has 0 aliphatic rings. The van der Waals surface area contributed by atoms with E-state index in [0.29, 0.717) is 0 Å². The predicted octanol–water partition coefficient (Wildman–Crippen LogP) is 4.11. The topological polar surface area (TPSA) is 41.6 Å². The Morgan fingerprint density at radius 3 is 2.55 bits per heavy atom. The van der Waals surface area contributed by atoms with E-state index in [0.717, 1.165) is 33.9 Å². The average Bonchev–Trinajstić information content (AvgIpc) is 2.98. The summed E-state index contributed by atoms with van der Waals surface area (Å²) in [6, 6.07) is 22.4. The van der Waals surface area contributed by atoms with Gasteiger partial charge in [-0.1, -0.05) is 42.5 Å². The van der Waals surface area contributed by atoms with E-state index in [2.05, 4.69) is 27.8 Å². The van der Waals surface area contributed by atoms with Gasteiger partial charge in [0.25, 0.3) is 0 Å². The summed E-state index contributed by atoms with van der Waals surface area (Å²) in [7, 11) is 0. The molecule has 3 aromatic carbocycles. The number of rotatable bonds is 2. The van der Waals surface area contributed by atoms with E-state index < -0.39 is 0 Å². The van der Waals surface area contributed by atoms with Crippen LogP contribution < -0.4 is 0 Å². The van der Waals surface area contributed by atoms with Gasteiger partial charge in [-0.2, -0.15) is 5.26 Å². The maximum Gasteiger partial charge on any atom is 0.0998 e. The fourth-order valence-electron chi connectivity index (χ4n) is 2.92. The first-order valence-corrected chi connectivity index (χ1v) is 7.17. The van der Waals surface area contributed by atoms with Crippen molar-refractivity contribution in [1.29, 1.82) is 5.26 Å². The molecule has 0 saturated heterocycles. The summed E-state index contributed by atoms with van der Waals surface area (Å²) in [5.41, 5.74) is 4.03. The number of nitriles is 1. The molecule has 0 spiro atoms. The van der Waals surface area contributed by atoms with Gasteiger partial charge in [0.2, 0.25) is 0 Å². The molecule has 4 aromatic rings. The maximum absolute atomic E-state index is 9.26. The second kappa shape index (κ2) is 5.01. The van der Waals surface area contributed by atoms with Crippen LogP contribution in [-0.2, 0) is 6.54 Å². The van der Waals surface area contributed by atoms with E-state index in [9.17, 15) is 5.26 Å². The van der Waals surface area contributed by atoms with E-state index in [-0.39, 0.29) is 0 Å². The van der Waals surface area contributed by atoms with E-state index in [1.807, 2.05) is 54.9 Å². The van der Waals surface area contributed by atoms with Crippen LogP contribution in [0.1, 0.15) is 11.1 Å². The van der Waals surface area contributed by atoms with Crippen molar-refractivity contribution in [3.05, 3.63) is 78.1 Å². The molecule has 0 atom stereocenters. The summed E-state index contributed by atoms with van der Waals surface area (Å²) in [6.07, 6.45) is 1.87. The van der Waals surface area contributed by atoms with Gasteiger partial charge < -0.3 is 4.57 Å². The zero-order valence-electron chi connectivity index (χ0n) is 11.9. The van der Waals surface area contributed by atoms with Crippen molar-refractivity contribution in [3.8, 4) is 6.07 Å². The summed E-state index contributed by atoms with van der Waals surface area (Å²) in [4.78, 5) is 4.44. The molecule has 0 N–H and O–H groups in total.